The van der Waals surface area contributed by atoms with Gasteiger partial charge in [0, 0.05) is 0 Å². The highest BCUT2D eigenvalue weighted by Crippen LogP contribution is 2.06. The average molecular weight is 185 g/mol. The first-order valence-corrected chi connectivity index (χ1v) is 5.01. The number of hydrogen-bond donors (Lipinski definition) is 1. The second kappa shape index (κ2) is 9.23. The van der Waals surface area contributed by atoms with Crippen molar-refractivity contribution in [2.45, 2.75) is 51.9 Å². The lowest BCUT2D eigenvalue weighted by Gasteiger charge is -1.98. The van der Waals surface area contributed by atoms with Gasteiger partial charge in [0.25, 0.3) is 0 Å². The molecule has 0 rings (SSSR count). The quantitative estimate of drug-likeness (QED) is 0.208. The molecule has 0 aromatic rings. The first kappa shape index (κ1) is 12.1. The molecule has 0 amide bonds. The Morgan fingerprint density at radius 3 is 2.38 bits per heavy atom. The van der Waals surface area contributed by atoms with Crippen molar-refractivity contribution >= 4 is 12.0 Å². The summed E-state index contributed by atoms with van der Waals surface area (Å²) in [5.41, 5.74) is 0.260. The van der Waals surface area contributed by atoms with Crippen molar-refractivity contribution in [3.63, 3.8) is 0 Å². The van der Waals surface area contributed by atoms with E-state index >= 15 is 0 Å². The molecule has 0 bridgehead atoms. The third kappa shape index (κ3) is 7.50. The summed E-state index contributed by atoms with van der Waals surface area (Å²) >= 11 is 0. The maximum Gasteiger partial charge on any atom is 0.167 e. The van der Waals surface area contributed by atoms with Gasteiger partial charge >= 0.3 is 0 Å². The minimum Gasteiger partial charge on any atom is -0.411 e. The number of carbonyl (C=O) groups excluding carboxylic acids is 1. The van der Waals surface area contributed by atoms with E-state index < -0.39 is 0 Å². The molecule has 0 aliphatic carbocycles. The fourth-order valence-corrected chi connectivity index (χ4v) is 1.22. The second-order valence-corrected chi connectivity index (χ2v) is 3.23. The molecule has 0 aliphatic heterocycles. The van der Waals surface area contributed by atoms with Crippen LogP contribution in [0.4, 0.5) is 0 Å². The monoisotopic (exact) mass is 185 g/mol. The number of rotatable bonds is 8. The summed E-state index contributed by atoms with van der Waals surface area (Å²) in [6.07, 6.45) is 8.30. The Kier molecular flexibility index (Phi) is 8.62. The molecule has 0 aromatic carbocycles. The zero-order chi connectivity index (χ0) is 9.94. The van der Waals surface area contributed by atoms with Crippen molar-refractivity contribution in [3.8, 4) is 0 Å². The predicted octanol–water partition coefficient (Wildman–Crippen LogP) is 2.77. The van der Waals surface area contributed by atoms with Gasteiger partial charge in [0.05, 0.1) is 0 Å². The molecule has 0 atom stereocenters. The summed E-state index contributed by atoms with van der Waals surface area (Å²) in [7, 11) is 0. The molecule has 0 heterocycles. The third-order valence-electron chi connectivity index (χ3n) is 2.05. The fourth-order valence-electron chi connectivity index (χ4n) is 1.22. The molecule has 0 unspecified atom stereocenters. The first-order valence-electron chi connectivity index (χ1n) is 5.01. The molecule has 0 radical (unpaired) electrons. The molecular weight excluding hydrogens is 166 g/mol. The van der Waals surface area contributed by atoms with Crippen molar-refractivity contribution in [1.82, 2.24) is 0 Å². The van der Waals surface area contributed by atoms with Crippen LogP contribution in [0, 0.1) is 0 Å². The number of aldehydes is 1. The average Bonchev–Trinajstić information content (AvgIpc) is 2.17. The fraction of sp³-hybridized carbons (Fsp3) is 0.800. The Morgan fingerprint density at radius 1 is 1.23 bits per heavy atom. The van der Waals surface area contributed by atoms with Crippen molar-refractivity contribution in [2.75, 3.05) is 0 Å². The Morgan fingerprint density at radius 2 is 1.85 bits per heavy atom. The Hall–Kier alpha value is -0.860. The molecule has 0 spiro atoms. The third-order valence-corrected chi connectivity index (χ3v) is 2.05. The molecule has 0 aliphatic rings. The van der Waals surface area contributed by atoms with E-state index in [0.717, 1.165) is 12.8 Å². The van der Waals surface area contributed by atoms with Crippen molar-refractivity contribution in [1.29, 1.82) is 0 Å². The van der Waals surface area contributed by atoms with Crippen molar-refractivity contribution < 1.29 is 10.0 Å². The van der Waals surface area contributed by atoms with E-state index in [1.165, 1.54) is 25.7 Å². The SMILES string of the molecule is CCCCCCCC/C(C=O)=N/O. The highest BCUT2D eigenvalue weighted by atomic mass is 16.4. The zero-order valence-corrected chi connectivity index (χ0v) is 8.33. The number of unbranched alkanes of at least 4 members (excludes halogenated alkanes) is 5. The van der Waals surface area contributed by atoms with Crippen LogP contribution < -0.4 is 0 Å². The van der Waals surface area contributed by atoms with Crippen molar-refractivity contribution in [2.24, 2.45) is 5.16 Å². The molecule has 76 valence electrons. The number of carbonyl (C=O) groups is 1. The summed E-state index contributed by atoms with van der Waals surface area (Å²) in [5, 5.41) is 11.2. The summed E-state index contributed by atoms with van der Waals surface area (Å²) in [5.74, 6) is 0. The van der Waals surface area contributed by atoms with Gasteiger partial charge < -0.3 is 5.21 Å². The highest BCUT2D eigenvalue weighted by molar-refractivity contribution is 6.27. The molecule has 0 fully saturated rings. The van der Waals surface area contributed by atoms with Crippen LogP contribution >= 0.6 is 0 Å². The lowest BCUT2D eigenvalue weighted by molar-refractivity contribution is -0.102. The minimum atomic E-state index is 0.260. The lowest BCUT2D eigenvalue weighted by Crippen LogP contribution is -1.99. The standard InChI is InChI=1S/C10H19NO2/c1-2-3-4-5-6-7-8-10(9-12)11-13/h9,13H,2-8H2,1H3/b11-10-. The molecule has 3 heteroatoms. The largest absolute Gasteiger partial charge is 0.411 e. The molecule has 0 saturated heterocycles. The van der Waals surface area contributed by atoms with Crippen LogP contribution in [0.25, 0.3) is 0 Å². The second-order valence-electron chi connectivity index (χ2n) is 3.23. The molecule has 0 aromatic heterocycles. The van der Waals surface area contributed by atoms with Crippen LogP contribution in [-0.2, 0) is 4.79 Å². The summed E-state index contributed by atoms with van der Waals surface area (Å²) < 4.78 is 0. The Labute approximate surface area is 79.8 Å². The molecule has 1 N–H and O–H groups in total. The van der Waals surface area contributed by atoms with Gasteiger partial charge in [-0.25, -0.2) is 0 Å². The van der Waals surface area contributed by atoms with E-state index in [2.05, 4.69) is 12.1 Å². The number of hydrogen-bond acceptors (Lipinski definition) is 3. The first-order chi connectivity index (χ1) is 6.35. The minimum absolute atomic E-state index is 0.260. The van der Waals surface area contributed by atoms with Gasteiger partial charge in [-0.3, -0.25) is 4.79 Å². The van der Waals surface area contributed by atoms with E-state index in [9.17, 15) is 4.79 Å². The Bertz CT molecular complexity index is 155. The van der Waals surface area contributed by atoms with Gasteiger partial charge in [-0.15, -0.1) is 0 Å². The maximum absolute atomic E-state index is 10.2. The van der Waals surface area contributed by atoms with E-state index in [0.29, 0.717) is 12.7 Å². The number of nitrogens with zero attached hydrogens (tertiary/aromatic N) is 1. The van der Waals surface area contributed by atoms with Gasteiger partial charge in [-0.2, -0.15) is 0 Å². The van der Waals surface area contributed by atoms with Crippen LogP contribution in [0.5, 0.6) is 0 Å². The lowest BCUT2D eigenvalue weighted by atomic mass is 10.1. The van der Waals surface area contributed by atoms with Crippen LogP contribution in [0.15, 0.2) is 5.16 Å². The predicted molar refractivity (Wildman–Crippen MR) is 53.3 cm³/mol. The van der Waals surface area contributed by atoms with Gasteiger partial charge in [0.2, 0.25) is 0 Å². The smallest absolute Gasteiger partial charge is 0.167 e. The van der Waals surface area contributed by atoms with Gasteiger partial charge in [-0.05, 0) is 12.8 Å². The van der Waals surface area contributed by atoms with E-state index in [-0.39, 0.29) is 5.71 Å². The summed E-state index contributed by atoms with van der Waals surface area (Å²) in [4.78, 5) is 10.2. The van der Waals surface area contributed by atoms with Crippen molar-refractivity contribution in [3.05, 3.63) is 0 Å². The topological polar surface area (TPSA) is 49.7 Å². The van der Waals surface area contributed by atoms with Gasteiger partial charge in [0.1, 0.15) is 5.71 Å². The van der Waals surface area contributed by atoms with Crippen LogP contribution in [-0.4, -0.2) is 17.2 Å². The summed E-state index contributed by atoms with van der Waals surface area (Å²) in [6.45, 7) is 2.18. The number of oxime groups is 1. The zero-order valence-electron chi connectivity index (χ0n) is 8.33. The van der Waals surface area contributed by atoms with E-state index in [1.807, 2.05) is 0 Å². The van der Waals surface area contributed by atoms with Crippen LogP contribution in [0.2, 0.25) is 0 Å². The van der Waals surface area contributed by atoms with E-state index in [4.69, 9.17) is 5.21 Å². The summed E-state index contributed by atoms with van der Waals surface area (Å²) in [6, 6.07) is 0. The maximum atomic E-state index is 10.2. The Balaban J connectivity index is 3.20. The van der Waals surface area contributed by atoms with Gasteiger partial charge in [-0.1, -0.05) is 44.2 Å². The molecule has 13 heavy (non-hydrogen) atoms. The normalized spacial score (nSPS) is 11.6. The van der Waals surface area contributed by atoms with Crippen LogP contribution in [0.1, 0.15) is 51.9 Å². The van der Waals surface area contributed by atoms with E-state index in [1.54, 1.807) is 0 Å². The van der Waals surface area contributed by atoms with Crippen LogP contribution in [0.3, 0.4) is 0 Å². The molecule has 3 nitrogen and oxygen atoms in total. The molecular formula is C10H19NO2. The van der Waals surface area contributed by atoms with Gasteiger partial charge in [0.15, 0.2) is 6.29 Å². The highest BCUT2D eigenvalue weighted by Gasteiger charge is 1.97. The molecule has 0 saturated carbocycles.